The van der Waals surface area contributed by atoms with E-state index in [4.69, 9.17) is 9.47 Å². The molecule has 6 heteroatoms. The Balaban J connectivity index is 3.05. The van der Waals surface area contributed by atoms with E-state index >= 15 is 0 Å². The van der Waals surface area contributed by atoms with Crippen molar-refractivity contribution < 1.29 is 19.1 Å². The van der Waals surface area contributed by atoms with Crippen LogP contribution < -0.4 is 4.90 Å². The van der Waals surface area contributed by atoms with Crippen LogP contribution in [0.3, 0.4) is 0 Å². The van der Waals surface area contributed by atoms with Crippen molar-refractivity contribution in [3.05, 3.63) is 30.3 Å². The zero-order valence-electron chi connectivity index (χ0n) is 13.5. The third-order valence-corrected chi connectivity index (χ3v) is 3.12. The first-order chi connectivity index (χ1) is 10.6. The van der Waals surface area contributed by atoms with Gasteiger partial charge in [0.15, 0.2) is 0 Å². The second-order valence-corrected chi connectivity index (χ2v) is 4.56. The number of carbonyl (C=O) groups is 1. The minimum Gasteiger partial charge on any atom is -0.359 e. The van der Waals surface area contributed by atoms with Gasteiger partial charge in [-0.15, -0.1) is 0 Å². The molecular formula is C16H23N2O4. The fraction of sp³-hybridized carbons (Fsp3) is 0.500. The number of imide groups is 1. The molecule has 0 aromatic heterocycles. The van der Waals surface area contributed by atoms with E-state index in [0.29, 0.717) is 18.9 Å². The third-order valence-electron chi connectivity index (χ3n) is 3.12. The van der Waals surface area contributed by atoms with Gasteiger partial charge in [0.2, 0.25) is 0 Å². The van der Waals surface area contributed by atoms with Gasteiger partial charge in [-0.3, -0.25) is 9.69 Å². The number of anilines is 1. The van der Waals surface area contributed by atoms with Gasteiger partial charge in [-0.2, -0.15) is 0 Å². The molecule has 3 amide bonds. The molecule has 0 aliphatic heterocycles. The molecule has 2 unspecified atom stereocenters. The molecule has 0 saturated heterocycles. The van der Waals surface area contributed by atoms with E-state index in [1.54, 1.807) is 50.6 Å². The summed E-state index contributed by atoms with van der Waals surface area (Å²) in [6, 6.07) is 8.09. The van der Waals surface area contributed by atoms with Crippen LogP contribution in [0.15, 0.2) is 30.3 Å². The normalized spacial score (nSPS) is 13.3. The summed E-state index contributed by atoms with van der Waals surface area (Å²) in [4.78, 5) is 26.3. The average molecular weight is 307 g/mol. The molecule has 1 aromatic rings. The molecule has 0 spiro atoms. The molecule has 1 radical (unpaired) electrons. The highest BCUT2D eigenvalue weighted by Gasteiger charge is 2.31. The monoisotopic (exact) mass is 307 g/mol. The minimum absolute atomic E-state index is 0.444. The first-order valence-corrected chi connectivity index (χ1v) is 7.35. The summed E-state index contributed by atoms with van der Waals surface area (Å²) < 4.78 is 11.0. The SMILES string of the molecule is CCOC(C)N(C(=O)N([C]=O)c1ccccc1)C(C)OCC. The smallest absolute Gasteiger partial charge is 0.335 e. The van der Waals surface area contributed by atoms with Crippen molar-refractivity contribution in [3.63, 3.8) is 0 Å². The second kappa shape index (κ2) is 9.17. The summed E-state index contributed by atoms with van der Waals surface area (Å²) in [5.74, 6) is 0. The van der Waals surface area contributed by atoms with Crippen molar-refractivity contribution in [1.82, 2.24) is 4.90 Å². The predicted molar refractivity (Wildman–Crippen MR) is 84.0 cm³/mol. The lowest BCUT2D eigenvalue weighted by Crippen LogP contribution is -2.52. The molecule has 0 aliphatic rings. The van der Waals surface area contributed by atoms with Gasteiger partial charge >= 0.3 is 12.4 Å². The number of rotatable bonds is 8. The van der Waals surface area contributed by atoms with E-state index in [9.17, 15) is 9.59 Å². The Morgan fingerprint density at radius 1 is 1.09 bits per heavy atom. The summed E-state index contributed by atoms with van der Waals surface area (Å²) >= 11 is 0. The Morgan fingerprint density at radius 2 is 1.59 bits per heavy atom. The van der Waals surface area contributed by atoms with Gasteiger partial charge in [-0.05, 0) is 39.8 Å². The van der Waals surface area contributed by atoms with Gasteiger partial charge in [0.25, 0.3) is 0 Å². The summed E-state index contributed by atoms with van der Waals surface area (Å²) in [6.07, 6.45) is 0.615. The second-order valence-electron chi connectivity index (χ2n) is 4.56. The van der Waals surface area contributed by atoms with E-state index in [1.165, 1.54) is 4.90 Å². The zero-order valence-corrected chi connectivity index (χ0v) is 13.5. The molecule has 0 N–H and O–H groups in total. The predicted octanol–water partition coefficient (Wildman–Crippen LogP) is 2.75. The molecule has 0 heterocycles. The average Bonchev–Trinajstić information content (AvgIpc) is 2.50. The number of hydrogen-bond acceptors (Lipinski definition) is 4. The summed E-state index contributed by atoms with van der Waals surface area (Å²) in [5, 5.41) is 0. The first-order valence-electron chi connectivity index (χ1n) is 7.35. The first kappa shape index (κ1) is 18.1. The standard InChI is InChI=1S/C16H23N2O4/c1-5-21-13(3)18(14(4)22-6-2)16(20)17(12-19)15-10-8-7-9-11-15/h7-11,13-14H,5-6H2,1-4H3. The maximum Gasteiger partial charge on any atom is 0.335 e. The van der Waals surface area contributed by atoms with Crippen molar-refractivity contribution in [3.8, 4) is 0 Å². The topological polar surface area (TPSA) is 59.1 Å². The van der Waals surface area contributed by atoms with E-state index in [2.05, 4.69) is 0 Å². The van der Waals surface area contributed by atoms with Crippen LogP contribution in [-0.2, 0) is 14.3 Å². The third kappa shape index (κ3) is 4.54. The summed E-state index contributed by atoms with van der Waals surface area (Å²) in [6.45, 7) is 8.05. The van der Waals surface area contributed by atoms with Crippen molar-refractivity contribution >= 4 is 18.1 Å². The van der Waals surface area contributed by atoms with E-state index in [1.807, 2.05) is 13.8 Å². The van der Waals surface area contributed by atoms with Crippen LogP contribution in [0.2, 0.25) is 0 Å². The van der Waals surface area contributed by atoms with Crippen LogP contribution in [0.1, 0.15) is 27.7 Å². The molecule has 2 atom stereocenters. The van der Waals surface area contributed by atoms with Crippen molar-refractivity contribution in [1.29, 1.82) is 0 Å². The molecule has 6 nitrogen and oxygen atoms in total. The summed E-state index contributed by atoms with van der Waals surface area (Å²) in [5.41, 5.74) is 0.444. The van der Waals surface area contributed by atoms with E-state index < -0.39 is 18.5 Å². The molecule has 1 aromatic carbocycles. The number of nitrogens with zero attached hydrogens (tertiary/aromatic N) is 2. The summed E-state index contributed by atoms with van der Waals surface area (Å²) in [7, 11) is 0. The lowest BCUT2D eigenvalue weighted by Gasteiger charge is -2.35. The fourth-order valence-electron chi connectivity index (χ4n) is 2.14. The Hall–Kier alpha value is -1.92. The number of para-hydroxylation sites is 1. The van der Waals surface area contributed by atoms with Crippen LogP contribution >= 0.6 is 0 Å². The number of benzene rings is 1. The van der Waals surface area contributed by atoms with E-state index in [0.717, 1.165) is 4.90 Å². The highest BCUT2D eigenvalue weighted by molar-refractivity contribution is 6.06. The molecule has 0 aliphatic carbocycles. The van der Waals surface area contributed by atoms with Crippen molar-refractivity contribution in [2.75, 3.05) is 18.1 Å². The van der Waals surface area contributed by atoms with Crippen molar-refractivity contribution in [2.24, 2.45) is 0 Å². The minimum atomic E-state index is -0.539. The van der Waals surface area contributed by atoms with Gasteiger partial charge in [0.05, 0.1) is 5.69 Å². The lowest BCUT2D eigenvalue weighted by molar-refractivity contribution is -0.107. The van der Waals surface area contributed by atoms with Crippen LogP contribution in [0, 0.1) is 0 Å². The number of carbonyl (C=O) groups excluding carboxylic acids is 2. The number of amides is 3. The molecule has 22 heavy (non-hydrogen) atoms. The number of hydrogen-bond donors (Lipinski definition) is 0. The molecular weight excluding hydrogens is 284 g/mol. The largest absolute Gasteiger partial charge is 0.359 e. The quantitative estimate of drug-likeness (QED) is 0.547. The molecule has 1 rings (SSSR count). The number of ether oxygens (including phenoxy) is 2. The van der Waals surface area contributed by atoms with Gasteiger partial charge < -0.3 is 9.47 Å². The Kier molecular flexibility index (Phi) is 7.56. The Labute approximate surface area is 131 Å². The van der Waals surface area contributed by atoms with Gasteiger partial charge in [-0.1, -0.05) is 18.2 Å². The highest BCUT2D eigenvalue weighted by Crippen LogP contribution is 2.18. The molecule has 121 valence electrons. The van der Waals surface area contributed by atoms with Crippen LogP contribution in [-0.4, -0.2) is 43.0 Å². The van der Waals surface area contributed by atoms with Gasteiger partial charge in [-0.25, -0.2) is 9.69 Å². The van der Waals surface area contributed by atoms with Crippen LogP contribution in [0.25, 0.3) is 0 Å². The van der Waals surface area contributed by atoms with Gasteiger partial charge in [0, 0.05) is 13.2 Å². The Morgan fingerprint density at radius 3 is 2.00 bits per heavy atom. The van der Waals surface area contributed by atoms with Crippen LogP contribution in [0.4, 0.5) is 10.5 Å². The Bertz CT molecular complexity index is 454. The maximum atomic E-state index is 12.7. The van der Waals surface area contributed by atoms with E-state index in [-0.39, 0.29) is 0 Å². The van der Waals surface area contributed by atoms with Crippen LogP contribution in [0.5, 0.6) is 0 Å². The molecule has 0 saturated carbocycles. The number of urea groups is 1. The molecule has 0 fully saturated rings. The van der Waals surface area contributed by atoms with Crippen molar-refractivity contribution in [2.45, 2.75) is 40.2 Å². The maximum absolute atomic E-state index is 12.7. The highest BCUT2D eigenvalue weighted by atomic mass is 16.5. The molecule has 0 bridgehead atoms. The lowest BCUT2D eigenvalue weighted by atomic mass is 10.3. The zero-order chi connectivity index (χ0) is 16.5. The van der Waals surface area contributed by atoms with Gasteiger partial charge in [0.1, 0.15) is 12.5 Å². The fourth-order valence-corrected chi connectivity index (χ4v) is 2.14.